The second-order valence-electron chi connectivity index (χ2n) is 6.23. The fraction of sp³-hybridized carbons (Fsp3) is 0.150. The van der Waals surface area contributed by atoms with E-state index in [-0.39, 0.29) is 16.6 Å². The van der Waals surface area contributed by atoms with E-state index in [1.54, 1.807) is 34.6 Å². The average molecular weight is 378 g/mol. The number of nitrogens with zero attached hydrogens (tertiary/aromatic N) is 4. The van der Waals surface area contributed by atoms with Crippen LogP contribution in [0.1, 0.15) is 17.7 Å². The summed E-state index contributed by atoms with van der Waals surface area (Å²) >= 11 is 1.47. The molecule has 6 nitrogen and oxygen atoms in total. The topological polar surface area (TPSA) is 72.9 Å². The van der Waals surface area contributed by atoms with Crippen LogP contribution in [0.2, 0.25) is 0 Å². The van der Waals surface area contributed by atoms with Crippen LogP contribution >= 0.6 is 11.8 Å². The Bertz CT molecular complexity index is 1170. The van der Waals surface area contributed by atoms with Crippen LogP contribution in [0.15, 0.2) is 70.7 Å². The molecule has 7 heteroatoms. The van der Waals surface area contributed by atoms with Crippen LogP contribution in [0.4, 0.5) is 0 Å². The zero-order valence-corrected chi connectivity index (χ0v) is 15.7. The minimum absolute atomic E-state index is 0.00959. The highest BCUT2D eigenvalue weighted by Crippen LogP contribution is 2.35. The summed E-state index contributed by atoms with van der Waals surface area (Å²) in [6.07, 6.45) is 1.55. The van der Waals surface area contributed by atoms with Gasteiger partial charge in [-0.05, 0) is 36.8 Å². The van der Waals surface area contributed by atoms with Crippen LogP contribution in [0.5, 0.6) is 5.75 Å². The first-order valence-electron chi connectivity index (χ1n) is 8.50. The van der Waals surface area contributed by atoms with Gasteiger partial charge in [-0.1, -0.05) is 42.1 Å². The molecule has 0 aliphatic heterocycles. The molecular formula is C20H18N4O2S. The molecule has 0 saturated carbocycles. The van der Waals surface area contributed by atoms with E-state index in [0.29, 0.717) is 16.2 Å². The SMILES string of the molecule is C[C@@H](Sc1nc2c(cnn2C)c(=O)n1-c1ccccc1)c1cccc(O)c1. The van der Waals surface area contributed by atoms with Crippen molar-refractivity contribution in [2.75, 3.05) is 0 Å². The first kappa shape index (κ1) is 17.4. The van der Waals surface area contributed by atoms with E-state index >= 15 is 0 Å². The summed E-state index contributed by atoms with van der Waals surface area (Å²) in [7, 11) is 1.77. The Morgan fingerprint density at radius 3 is 2.63 bits per heavy atom. The third kappa shape index (κ3) is 3.21. The Morgan fingerprint density at radius 2 is 1.89 bits per heavy atom. The van der Waals surface area contributed by atoms with Crippen LogP contribution in [0, 0.1) is 0 Å². The second-order valence-corrected chi connectivity index (χ2v) is 7.54. The number of phenolic OH excluding ortho intramolecular Hbond substituents is 1. The molecule has 4 aromatic rings. The van der Waals surface area contributed by atoms with Crippen LogP contribution in [-0.4, -0.2) is 24.4 Å². The van der Waals surface area contributed by atoms with E-state index in [1.165, 1.54) is 11.8 Å². The Hall–Kier alpha value is -3.06. The highest BCUT2D eigenvalue weighted by atomic mass is 32.2. The van der Waals surface area contributed by atoms with E-state index < -0.39 is 0 Å². The zero-order valence-electron chi connectivity index (χ0n) is 14.9. The number of rotatable bonds is 4. The van der Waals surface area contributed by atoms with Gasteiger partial charge >= 0.3 is 0 Å². The van der Waals surface area contributed by atoms with Crippen molar-refractivity contribution in [2.45, 2.75) is 17.3 Å². The van der Waals surface area contributed by atoms with Crippen molar-refractivity contribution in [3.63, 3.8) is 0 Å². The Morgan fingerprint density at radius 1 is 1.11 bits per heavy atom. The zero-order chi connectivity index (χ0) is 19.0. The van der Waals surface area contributed by atoms with Crippen molar-refractivity contribution in [3.05, 3.63) is 76.7 Å². The Kier molecular flexibility index (Phi) is 4.45. The highest BCUT2D eigenvalue weighted by molar-refractivity contribution is 7.99. The summed E-state index contributed by atoms with van der Waals surface area (Å²) in [5, 5.41) is 15.0. The van der Waals surface area contributed by atoms with Crippen molar-refractivity contribution in [1.82, 2.24) is 19.3 Å². The Labute approximate surface area is 160 Å². The predicted octanol–water partition coefficient (Wildman–Crippen LogP) is 3.68. The molecule has 0 aliphatic carbocycles. The highest BCUT2D eigenvalue weighted by Gasteiger charge is 2.19. The molecular weight excluding hydrogens is 360 g/mol. The average Bonchev–Trinajstić information content (AvgIpc) is 3.04. The molecule has 27 heavy (non-hydrogen) atoms. The lowest BCUT2D eigenvalue weighted by Gasteiger charge is -2.16. The van der Waals surface area contributed by atoms with Gasteiger partial charge in [0.1, 0.15) is 11.1 Å². The predicted molar refractivity (Wildman–Crippen MR) is 106 cm³/mol. The lowest BCUT2D eigenvalue weighted by Crippen LogP contribution is -2.22. The van der Waals surface area contributed by atoms with Crippen LogP contribution in [0.25, 0.3) is 16.7 Å². The van der Waals surface area contributed by atoms with Gasteiger partial charge in [0.2, 0.25) is 0 Å². The van der Waals surface area contributed by atoms with Crippen LogP contribution < -0.4 is 5.56 Å². The van der Waals surface area contributed by atoms with Crippen molar-refractivity contribution >= 4 is 22.8 Å². The molecule has 0 spiro atoms. The number of aryl methyl sites for hydroxylation is 1. The van der Waals surface area contributed by atoms with Crippen LogP contribution in [-0.2, 0) is 7.05 Å². The van der Waals surface area contributed by atoms with Gasteiger partial charge < -0.3 is 5.11 Å². The number of aromatic hydroxyl groups is 1. The maximum absolute atomic E-state index is 13.2. The summed E-state index contributed by atoms with van der Waals surface area (Å²) in [4.78, 5) is 17.9. The van der Waals surface area contributed by atoms with Gasteiger partial charge in [-0.2, -0.15) is 5.10 Å². The largest absolute Gasteiger partial charge is 0.508 e. The third-order valence-corrected chi connectivity index (χ3v) is 5.48. The summed E-state index contributed by atoms with van der Waals surface area (Å²) in [5.41, 5.74) is 2.12. The molecule has 0 fully saturated rings. The quantitative estimate of drug-likeness (QED) is 0.433. The fourth-order valence-electron chi connectivity index (χ4n) is 2.95. The Balaban J connectivity index is 1.88. The minimum Gasteiger partial charge on any atom is -0.508 e. The minimum atomic E-state index is -0.148. The van der Waals surface area contributed by atoms with Crippen molar-refractivity contribution < 1.29 is 5.11 Å². The van der Waals surface area contributed by atoms with Gasteiger partial charge in [0.05, 0.1) is 11.9 Å². The number of fused-ring (bicyclic) bond motifs is 1. The normalized spacial score (nSPS) is 12.4. The molecule has 0 unspecified atom stereocenters. The van der Waals surface area contributed by atoms with E-state index in [0.717, 1.165) is 11.3 Å². The van der Waals surface area contributed by atoms with E-state index in [1.807, 2.05) is 49.4 Å². The molecule has 4 rings (SSSR count). The summed E-state index contributed by atoms with van der Waals surface area (Å²) in [6.45, 7) is 2.02. The molecule has 0 aliphatic rings. The maximum atomic E-state index is 13.2. The van der Waals surface area contributed by atoms with Gasteiger partial charge in [0.25, 0.3) is 5.56 Å². The van der Waals surface area contributed by atoms with Crippen molar-refractivity contribution in [2.24, 2.45) is 7.05 Å². The summed E-state index contributed by atoms with van der Waals surface area (Å²) in [5.74, 6) is 0.218. The van der Waals surface area contributed by atoms with Gasteiger partial charge in [-0.15, -0.1) is 0 Å². The molecule has 1 N–H and O–H groups in total. The van der Waals surface area contributed by atoms with E-state index in [9.17, 15) is 9.90 Å². The number of para-hydroxylation sites is 1. The standard InChI is InChI=1S/C20H18N4O2S/c1-13(14-7-6-10-16(25)11-14)27-20-22-18-17(12-21-23(18)2)19(26)24(20)15-8-4-3-5-9-15/h3-13,25H,1-2H3/t13-/m1/s1. The molecule has 1 atom stereocenters. The van der Waals surface area contributed by atoms with Crippen molar-refractivity contribution in [1.29, 1.82) is 0 Å². The number of aromatic nitrogens is 4. The smallest absolute Gasteiger partial charge is 0.269 e. The molecule has 0 amide bonds. The lowest BCUT2D eigenvalue weighted by atomic mass is 10.1. The van der Waals surface area contributed by atoms with Gasteiger partial charge in [0.15, 0.2) is 10.8 Å². The molecule has 0 saturated heterocycles. The molecule has 0 bridgehead atoms. The number of benzene rings is 2. The van der Waals surface area contributed by atoms with Gasteiger partial charge in [-0.25, -0.2) is 4.98 Å². The number of thioether (sulfide) groups is 1. The summed E-state index contributed by atoms with van der Waals surface area (Å²) in [6, 6.07) is 16.6. The number of hydrogen-bond donors (Lipinski definition) is 1. The van der Waals surface area contributed by atoms with E-state index in [2.05, 4.69) is 5.10 Å². The van der Waals surface area contributed by atoms with Crippen molar-refractivity contribution in [3.8, 4) is 11.4 Å². The fourth-order valence-corrected chi connectivity index (χ4v) is 3.98. The van der Waals surface area contributed by atoms with Crippen LogP contribution in [0.3, 0.4) is 0 Å². The lowest BCUT2D eigenvalue weighted by molar-refractivity contribution is 0.474. The first-order valence-corrected chi connectivity index (χ1v) is 9.38. The number of phenols is 1. The summed E-state index contributed by atoms with van der Waals surface area (Å²) < 4.78 is 3.23. The molecule has 2 aromatic carbocycles. The molecule has 136 valence electrons. The van der Waals surface area contributed by atoms with Gasteiger partial charge in [0, 0.05) is 12.3 Å². The number of hydrogen-bond acceptors (Lipinski definition) is 5. The monoisotopic (exact) mass is 378 g/mol. The second kappa shape index (κ2) is 6.92. The first-order chi connectivity index (χ1) is 13.0. The van der Waals surface area contributed by atoms with Gasteiger partial charge in [-0.3, -0.25) is 14.0 Å². The molecule has 2 aromatic heterocycles. The molecule has 0 radical (unpaired) electrons. The van der Waals surface area contributed by atoms with E-state index in [4.69, 9.17) is 4.98 Å². The maximum Gasteiger partial charge on any atom is 0.269 e. The third-order valence-electron chi connectivity index (χ3n) is 4.37. The molecule has 2 heterocycles.